The van der Waals surface area contributed by atoms with Gasteiger partial charge in [0.15, 0.2) is 5.78 Å². The zero-order valence-electron chi connectivity index (χ0n) is 19.0. The highest BCUT2D eigenvalue weighted by Gasteiger charge is 2.45. The van der Waals surface area contributed by atoms with Crippen LogP contribution in [0.15, 0.2) is 84.1 Å². The Morgan fingerprint density at radius 2 is 1.66 bits per heavy atom. The van der Waals surface area contributed by atoms with Crippen molar-refractivity contribution >= 4 is 46.3 Å². The summed E-state index contributed by atoms with van der Waals surface area (Å²) in [5.41, 5.74) is 4.90. The van der Waals surface area contributed by atoms with Crippen molar-refractivity contribution in [2.24, 2.45) is 5.92 Å². The van der Waals surface area contributed by atoms with Gasteiger partial charge in [0.05, 0.1) is 17.4 Å². The molecule has 2 atom stereocenters. The Hall–Kier alpha value is -3.08. The standard InChI is InChI=1S/C29H24Cl2N2O2/c30-20-12-13-21(22(31)16-20)28-27-24(14-19(15-26(27)34)17-6-2-1-3-7-17)32-23-8-4-5-9-25(23)33(28)29(35)18-10-11-18/h1-9,12-13,16,18-19,28,32H,10-11,14-15H2/t19-,28-/m0/s1. The van der Waals surface area contributed by atoms with E-state index in [1.165, 1.54) is 0 Å². The fourth-order valence-corrected chi connectivity index (χ4v) is 5.85. The number of halogens is 2. The largest absolute Gasteiger partial charge is 0.357 e. The van der Waals surface area contributed by atoms with Gasteiger partial charge in [0.2, 0.25) is 5.91 Å². The molecular weight excluding hydrogens is 479 g/mol. The highest BCUT2D eigenvalue weighted by Crippen LogP contribution is 2.50. The van der Waals surface area contributed by atoms with Gasteiger partial charge in [0.1, 0.15) is 0 Å². The van der Waals surface area contributed by atoms with Crippen LogP contribution in [-0.4, -0.2) is 11.7 Å². The van der Waals surface area contributed by atoms with Crippen LogP contribution in [0.3, 0.4) is 0 Å². The second-order valence-electron chi connectivity index (χ2n) is 9.52. The van der Waals surface area contributed by atoms with Gasteiger partial charge in [0.25, 0.3) is 0 Å². The smallest absolute Gasteiger partial charge is 0.231 e. The number of Topliss-reactive ketones (excluding diaryl/α,β-unsaturated/α-hetero) is 1. The molecule has 2 aliphatic carbocycles. The lowest BCUT2D eigenvalue weighted by atomic mass is 9.78. The second-order valence-corrected chi connectivity index (χ2v) is 10.4. The number of carbonyl (C=O) groups is 2. The number of hydrogen-bond donors (Lipinski definition) is 1. The van der Waals surface area contributed by atoms with E-state index >= 15 is 0 Å². The van der Waals surface area contributed by atoms with E-state index in [2.05, 4.69) is 17.4 Å². The molecule has 1 N–H and O–H groups in total. The minimum atomic E-state index is -0.622. The summed E-state index contributed by atoms with van der Waals surface area (Å²) in [4.78, 5) is 29.5. The van der Waals surface area contributed by atoms with Gasteiger partial charge < -0.3 is 5.32 Å². The van der Waals surface area contributed by atoms with Crippen LogP contribution in [0.5, 0.6) is 0 Å². The molecule has 0 spiro atoms. The average Bonchev–Trinajstić information content (AvgIpc) is 3.71. The molecule has 0 unspecified atom stereocenters. The van der Waals surface area contributed by atoms with E-state index in [0.717, 1.165) is 35.5 Å². The highest BCUT2D eigenvalue weighted by molar-refractivity contribution is 6.35. The molecule has 3 aromatic carbocycles. The summed E-state index contributed by atoms with van der Waals surface area (Å²) in [6.45, 7) is 0. The molecule has 0 aromatic heterocycles. The number of benzene rings is 3. The van der Waals surface area contributed by atoms with Gasteiger partial charge >= 0.3 is 0 Å². The van der Waals surface area contributed by atoms with Crippen LogP contribution in [0.2, 0.25) is 10.0 Å². The van der Waals surface area contributed by atoms with Crippen LogP contribution in [-0.2, 0) is 9.59 Å². The van der Waals surface area contributed by atoms with E-state index < -0.39 is 6.04 Å². The van der Waals surface area contributed by atoms with E-state index in [9.17, 15) is 9.59 Å². The third-order valence-electron chi connectivity index (χ3n) is 7.18. The minimum Gasteiger partial charge on any atom is -0.357 e. The van der Waals surface area contributed by atoms with Gasteiger partial charge in [-0.15, -0.1) is 0 Å². The summed E-state index contributed by atoms with van der Waals surface area (Å²) in [6, 6.07) is 22.6. The minimum absolute atomic E-state index is 0.0296. The van der Waals surface area contributed by atoms with E-state index in [1.54, 1.807) is 17.0 Å². The highest BCUT2D eigenvalue weighted by atomic mass is 35.5. The lowest BCUT2D eigenvalue weighted by Crippen LogP contribution is -2.39. The van der Waals surface area contributed by atoms with Crippen LogP contribution in [0.1, 0.15) is 48.8 Å². The molecule has 1 fully saturated rings. The predicted molar refractivity (Wildman–Crippen MR) is 140 cm³/mol. The molecule has 0 radical (unpaired) electrons. The van der Waals surface area contributed by atoms with Gasteiger partial charge in [-0.3, -0.25) is 14.5 Å². The van der Waals surface area contributed by atoms with Crippen LogP contribution >= 0.6 is 23.2 Å². The van der Waals surface area contributed by atoms with Crippen molar-refractivity contribution in [2.45, 2.75) is 37.6 Å². The summed E-state index contributed by atoms with van der Waals surface area (Å²) in [6.07, 6.45) is 2.78. The fraction of sp³-hybridized carbons (Fsp3) is 0.241. The number of ketones is 1. The number of allylic oxidation sites excluding steroid dienone is 1. The average molecular weight is 503 g/mol. The van der Waals surface area contributed by atoms with Gasteiger partial charge in [-0.25, -0.2) is 0 Å². The normalized spacial score (nSPS) is 21.7. The van der Waals surface area contributed by atoms with Crippen molar-refractivity contribution < 1.29 is 9.59 Å². The van der Waals surface area contributed by atoms with Gasteiger partial charge in [-0.05, 0) is 60.6 Å². The topological polar surface area (TPSA) is 49.4 Å². The predicted octanol–water partition coefficient (Wildman–Crippen LogP) is 7.30. The first-order valence-corrected chi connectivity index (χ1v) is 12.7. The molecule has 1 heterocycles. The molecule has 1 aliphatic heterocycles. The first-order valence-electron chi connectivity index (χ1n) is 12.0. The third kappa shape index (κ3) is 4.05. The Labute approximate surface area is 214 Å². The van der Waals surface area contributed by atoms with Gasteiger partial charge in [0, 0.05) is 33.7 Å². The maximum atomic E-state index is 13.9. The molecule has 3 aliphatic rings. The molecule has 6 heteroatoms. The van der Waals surface area contributed by atoms with E-state index in [-0.39, 0.29) is 23.5 Å². The second kappa shape index (κ2) is 8.85. The monoisotopic (exact) mass is 502 g/mol. The summed E-state index contributed by atoms with van der Waals surface area (Å²) in [5.74, 6) is 0.0932. The molecule has 0 bridgehead atoms. The van der Waals surface area contributed by atoms with E-state index in [4.69, 9.17) is 23.2 Å². The SMILES string of the molecule is O=C1C[C@@H](c2ccccc2)CC2=C1[C@H](c1ccc(Cl)cc1Cl)N(C(=O)C1CC1)c1ccccc1N2. The van der Waals surface area contributed by atoms with Crippen molar-refractivity contribution in [1.29, 1.82) is 0 Å². The first-order chi connectivity index (χ1) is 17.0. The molecule has 176 valence electrons. The van der Waals surface area contributed by atoms with E-state index in [1.807, 2.05) is 48.5 Å². The summed E-state index contributed by atoms with van der Waals surface area (Å²) < 4.78 is 0. The Morgan fingerprint density at radius 3 is 2.40 bits per heavy atom. The zero-order chi connectivity index (χ0) is 24.1. The lowest BCUT2D eigenvalue weighted by molar-refractivity contribution is -0.120. The van der Waals surface area contributed by atoms with Crippen LogP contribution in [0.4, 0.5) is 11.4 Å². The number of hydrogen-bond acceptors (Lipinski definition) is 3. The molecule has 6 rings (SSSR count). The van der Waals surface area contributed by atoms with Crippen molar-refractivity contribution in [3.05, 3.63) is 105 Å². The lowest BCUT2D eigenvalue weighted by Gasteiger charge is -2.35. The zero-order valence-corrected chi connectivity index (χ0v) is 20.5. The molecule has 4 nitrogen and oxygen atoms in total. The van der Waals surface area contributed by atoms with Gasteiger partial charge in [-0.2, -0.15) is 0 Å². The summed E-state index contributed by atoms with van der Waals surface area (Å²) in [7, 11) is 0. The summed E-state index contributed by atoms with van der Waals surface area (Å²) in [5, 5.41) is 4.52. The Morgan fingerprint density at radius 1 is 0.914 bits per heavy atom. The number of fused-ring (bicyclic) bond motifs is 1. The molecule has 1 amide bonds. The Kier molecular flexibility index (Phi) is 5.66. The number of amides is 1. The Bertz CT molecular complexity index is 1360. The van der Waals surface area contributed by atoms with Crippen LogP contribution < -0.4 is 10.2 Å². The number of nitrogens with zero attached hydrogens (tertiary/aromatic N) is 1. The van der Waals surface area contributed by atoms with Crippen molar-refractivity contribution in [2.75, 3.05) is 10.2 Å². The summed E-state index contributed by atoms with van der Waals surface area (Å²) >= 11 is 13.0. The number of nitrogens with one attached hydrogen (secondary N) is 1. The van der Waals surface area contributed by atoms with Crippen molar-refractivity contribution in [1.82, 2.24) is 0 Å². The number of carbonyl (C=O) groups excluding carboxylic acids is 2. The first kappa shape index (κ1) is 22.4. The van der Waals surface area contributed by atoms with Crippen LogP contribution in [0.25, 0.3) is 0 Å². The van der Waals surface area contributed by atoms with E-state index in [0.29, 0.717) is 34.0 Å². The van der Waals surface area contributed by atoms with Gasteiger partial charge in [-0.1, -0.05) is 71.7 Å². The third-order valence-corrected chi connectivity index (χ3v) is 7.74. The van der Waals surface area contributed by atoms with Crippen molar-refractivity contribution in [3.8, 4) is 0 Å². The molecule has 35 heavy (non-hydrogen) atoms. The molecule has 0 saturated heterocycles. The number of rotatable bonds is 3. The maximum absolute atomic E-state index is 13.9. The quantitative estimate of drug-likeness (QED) is 0.408. The fourth-order valence-electron chi connectivity index (χ4n) is 5.34. The Balaban J connectivity index is 1.57. The van der Waals surface area contributed by atoms with Crippen LogP contribution in [0, 0.1) is 5.92 Å². The molecular formula is C29H24Cl2N2O2. The molecule has 1 saturated carbocycles. The van der Waals surface area contributed by atoms with Crippen molar-refractivity contribution in [3.63, 3.8) is 0 Å². The number of para-hydroxylation sites is 2. The molecule has 3 aromatic rings. The number of anilines is 2. The maximum Gasteiger partial charge on any atom is 0.231 e.